The fourth-order valence-electron chi connectivity index (χ4n) is 3.50. The van der Waals surface area contributed by atoms with E-state index in [0.29, 0.717) is 22.7 Å². The minimum absolute atomic E-state index is 0.0976. The number of aryl methyl sites for hydroxylation is 2. The van der Waals surface area contributed by atoms with Crippen molar-refractivity contribution in [3.05, 3.63) is 76.3 Å². The summed E-state index contributed by atoms with van der Waals surface area (Å²) >= 11 is 0. The number of ether oxygens (including phenoxy) is 2. The number of carbonyl (C=O) groups is 1. The van der Waals surface area contributed by atoms with Gasteiger partial charge >= 0.3 is 0 Å². The van der Waals surface area contributed by atoms with Crippen molar-refractivity contribution < 1.29 is 14.3 Å². The predicted octanol–water partition coefficient (Wildman–Crippen LogP) is 3.44. The van der Waals surface area contributed by atoms with Crippen LogP contribution in [0.5, 0.6) is 11.5 Å². The maximum atomic E-state index is 13.0. The van der Waals surface area contributed by atoms with Crippen LogP contribution in [0.2, 0.25) is 0 Å². The summed E-state index contributed by atoms with van der Waals surface area (Å²) in [5, 5.41) is 7.37. The van der Waals surface area contributed by atoms with E-state index < -0.39 is 0 Å². The highest BCUT2D eigenvalue weighted by Crippen LogP contribution is 2.31. The third kappa shape index (κ3) is 4.07. The molecule has 0 aliphatic heterocycles. The van der Waals surface area contributed by atoms with Gasteiger partial charge in [0.2, 0.25) is 5.91 Å². The summed E-state index contributed by atoms with van der Waals surface area (Å²) in [7, 11) is 3.13. The number of hydrogen-bond donors (Lipinski definition) is 1. The van der Waals surface area contributed by atoms with Crippen LogP contribution in [0.3, 0.4) is 0 Å². The number of rotatable bonds is 6. The van der Waals surface area contributed by atoms with Gasteiger partial charge in [0.15, 0.2) is 11.5 Å². The van der Waals surface area contributed by atoms with Crippen molar-refractivity contribution in [2.45, 2.75) is 20.4 Å². The van der Waals surface area contributed by atoms with Crippen LogP contribution in [0.25, 0.3) is 16.8 Å². The predicted molar refractivity (Wildman–Crippen MR) is 123 cm³/mol. The quantitative estimate of drug-likeness (QED) is 0.504. The number of methoxy groups -OCH3 is 2. The smallest absolute Gasteiger partial charge is 0.277 e. The van der Waals surface area contributed by atoms with Gasteiger partial charge in [-0.2, -0.15) is 5.10 Å². The van der Waals surface area contributed by atoms with Crippen LogP contribution < -0.4 is 20.3 Å². The number of aromatic nitrogens is 3. The lowest BCUT2D eigenvalue weighted by Gasteiger charge is -2.10. The highest BCUT2D eigenvalue weighted by Gasteiger charge is 2.14. The Morgan fingerprint density at radius 2 is 1.78 bits per heavy atom. The second-order valence-electron chi connectivity index (χ2n) is 7.53. The molecule has 2 heterocycles. The Morgan fingerprint density at radius 1 is 1.00 bits per heavy atom. The van der Waals surface area contributed by atoms with Crippen LogP contribution in [-0.2, 0) is 11.3 Å². The van der Waals surface area contributed by atoms with Gasteiger partial charge in [-0.1, -0.05) is 12.1 Å². The highest BCUT2D eigenvalue weighted by molar-refractivity contribution is 5.91. The van der Waals surface area contributed by atoms with E-state index >= 15 is 0 Å². The lowest BCUT2D eigenvalue weighted by molar-refractivity contribution is -0.116. The first-order valence-electron chi connectivity index (χ1n) is 10.1. The van der Waals surface area contributed by atoms with Crippen molar-refractivity contribution in [2.75, 3.05) is 19.5 Å². The van der Waals surface area contributed by atoms with Gasteiger partial charge in [0.25, 0.3) is 5.56 Å². The number of fused-ring (bicyclic) bond motifs is 1. The largest absolute Gasteiger partial charge is 0.493 e. The summed E-state index contributed by atoms with van der Waals surface area (Å²) in [6.45, 7) is 3.79. The number of amides is 1. The van der Waals surface area contributed by atoms with E-state index in [1.165, 1.54) is 9.08 Å². The van der Waals surface area contributed by atoms with Crippen molar-refractivity contribution in [1.82, 2.24) is 14.2 Å². The van der Waals surface area contributed by atoms with E-state index in [1.807, 2.05) is 38.1 Å². The number of anilines is 1. The Morgan fingerprint density at radius 3 is 2.53 bits per heavy atom. The minimum Gasteiger partial charge on any atom is -0.493 e. The maximum Gasteiger partial charge on any atom is 0.277 e. The van der Waals surface area contributed by atoms with Gasteiger partial charge in [0.1, 0.15) is 12.1 Å². The SMILES string of the molecule is COc1ccc(-c2cc3c(=O)n(CC(=O)Nc4cc(C)ccc4C)ccn3n2)cc1OC. The van der Waals surface area contributed by atoms with E-state index in [0.717, 1.165) is 22.4 Å². The molecule has 32 heavy (non-hydrogen) atoms. The van der Waals surface area contributed by atoms with E-state index in [9.17, 15) is 9.59 Å². The molecule has 164 valence electrons. The number of nitrogens with one attached hydrogen (secondary N) is 1. The topological polar surface area (TPSA) is 86.9 Å². The molecule has 1 N–H and O–H groups in total. The molecule has 0 aliphatic carbocycles. The zero-order chi connectivity index (χ0) is 22.8. The fourth-order valence-corrected chi connectivity index (χ4v) is 3.50. The van der Waals surface area contributed by atoms with Crippen LogP contribution in [-0.4, -0.2) is 34.3 Å². The monoisotopic (exact) mass is 432 g/mol. The molecule has 1 amide bonds. The van der Waals surface area contributed by atoms with Crippen molar-refractivity contribution >= 4 is 17.1 Å². The lowest BCUT2D eigenvalue weighted by atomic mass is 10.1. The first kappa shape index (κ1) is 21.2. The van der Waals surface area contributed by atoms with E-state index in [4.69, 9.17) is 9.47 Å². The number of hydrogen-bond acceptors (Lipinski definition) is 5. The molecule has 0 atom stereocenters. The molecule has 0 spiro atoms. The average molecular weight is 432 g/mol. The molecule has 0 unspecified atom stereocenters. The molecular weight excluding hydrogens is 408 g/mol. The van der Waals surface area contributed by atoms with Crippen molar-refractivity contribution in [3.63, 3.8) is 0 Å². The zero-order valence-corrected chi connectivity index (χ0v) is 18.4. The van der Waals surface area contributed by atoms with Crippen molar-refractivity contribution in [1.29, 1.82) is 0 Å². The zero-order valence-electron chi connectivity index (χ0n) is 18.4. The molecule has 8 nitrogen and oxygen atoms in total. The molecule has 0 fully saturated rings. The molecule has 2 aromatic carbocycles. The molecule has 0 aliphatic rings. The Hall–Kier alpha value is -4.07. The Bertz CT molecular complexity index is 1370. The van der Waals surface area contributed by atoms with Gasteiger partial charge < -0.3 is 19.4 Å². The van der Waals surface area contributed by atoms with Gasteiger partial charge in [0, 0.05) is 23.6 Å². The Balaban J connectivity index is 1.61. The van der Waals surface area contributed by atoms with E-state index in [1.54, 1.807) is 44.8 Å². The first-order chi connectivity index (χ1) is 15.4. The van der Waals surface area contributed by atoms with Crippen LogP contribution in [0, 0.1) is 13.8 Å². The Kier molecular flexibility index (Phi) is 5.68. The second kappa shape index (κ2) is 8.58. The van der Waals surface area contributed by atoms with Gasteiger partial charge in [0.05, 0.1) is 19.9 Å². The first-order valence-corrected chi connectivity index (χ1v) is 10.1. The summed E-state index contributed by atoms with van der Waals surface area (Å²) in [5.41, 5.74) is 4.21. The normalized spacial score (nSPS) is 10.9. The summed E-state index contributed by atoms with van der Waals surface area (Å²) in [4.78, 5) is 25.6. The van der Waals surface area contributed by atoms with Crippen molar-refractivity contribution in [2.24, 2.45) is 0 Å². The summed E-state index contributed by atoms with van der Waals surface area (Å²) in [6.07, 6.45) is 3.22. The molecule has 0 saturated carbocycles. The van der Waals surface area contributed by atoms with Gasteiger partial charge in [-0.3, -0.25) is 9.59 Å². The van der Waals surface area contributed by atoms with Gasteiger partial charge in [-0.05, 0) is 55.3 Å². The standard InChI is InChI=1S/C24H24N4O4/c1-15-5-6-16(2)18(11-15)25-23(29)14-27-9-10-28-20(24(27)30)13-19(26-28)17-7-8-21(31-3)22(12-17)32-4/h5-13H,14H2,1-4H3,(H,25,29). The number of benzene rings is 2. The van der Waals surface area contributed by atoms with Crippen molar-refractivity contribution in [3.8, 4) is 22.8 Å². The van der Waals surface area contributed by atoms with Crippen LogP contribution in [0.15, 0.2) is 59.7 Å². The third-order valence-corrected chi connectivity index (χ3v) is 5.26. The molecule has 4 aromatic rings. The molecule has 2 aromatic heterocycles. The number of carbonyl (C=O) groups excluding carboxylic acids is 1. The maximum absolute atomic E-state index is 13.0. The van der Waals surface area contributed by atoms with Gasteiger partial charge in [-0.15, -0.1) is 0 Å². The summed E-state index contributed by atoms with van der Waals surface area (Å²) < 4.78 is 13.5. The number of nitrogens with zero attached hydrogens (tertiary/aromatic N) is 3. The molecular formula is C24H24N4O4. The molecule has 8 heteroatoms. The van der Waals surface area contributed by atoms with E-state index in [2.05, 4.69) is 10.4 Å². The Labute approximate surface area is 185 Å². The highest BCUT2D eigenvalue weighted by atomic mass is 16.5. The molecule has 0 radical (unpaired) electrons. The molecule has 0 bridgehead atoms. The van der Waals surface area contributed by atoms with Gasteiger partial charge in [-0.25, -0.2) is 4.52 Å². The summed E-state index contributed by atoms with van der Waals surface area (Å²) in [6, 6.07) is 13.0. The van der Waals surface area contributed by atoms with Crippen LogP contribution in [0.4, 0.5) is 5.69 Å². The molecule has 4 rings (SSSR count). The molecule has 0 saturated heterocycles. The third-order valence-electron chi connectivity index (χ3n) is 5.26. The summed E-state index contributed by atoms with van der Waals surface area (Å²) in [5.74, 6) is 0.907. The van der Waals surface area contributed by atoms with Crippen LogP contribution >= 0.6 is 0 Å². The van der Waals surface area contributed by atoms with Crippen LogP contribution in [0.1, 0.15) is 11.1 Å². The second-order valence-corrected chi connectivity index (χ2v) is 7.53. The average Bonchev–Trinajstić information content (AvgIpc) is 3.23. The van der Waals surface area contributed by atoms with E-state index in [-0.39, 0.29) is 18.0 Å². The minimum atomic E-state index is -0.303. The fraction of sp³-hybridized carbons (Fsp3) is 0.208. The lowest BCUT2D eigenvalue weighted by Crippen LogP contribution is -2.28.